The van der Waals surface area contributed by atoms with E-state index in [-0.39, 0.29) is 6.54 Å². The molecule has 2 aromatic rings. The number of fused-ring (bicyclic) bond motifs is 1. The summed E-state index contributed by atoms with van der Waals surface area (Å²) in [4.78, 5) is 11.5. The minimum atomic E-state index is -3.56. The van der Waals surface area contributed by atoms with Crippen molar-refractivity contribution in [3.63, 3.8) is 0 Å². The molecule has 0 aliphatic carbocycles. The highest BCUT2D eigenvalue weighted by Gasteiger charge is 2.09. The number of nitrogens with one attached hydrogen (secondary N) is 1. The maximum atomic E-state index is 11.5. The van der Waals surface area contributed by atoms with Crippen molar-refractivity contribution in [2.75, 3.05) is 7.11 Å². The van der Waals surface area contributed by atoms with Gasteiger partial charge in [0.1, 0.15) is 11.3 Å². The first-order valence-corrected chi connectivity index (χ1v) is 7.22. The molecule has 0 radical (unpaired) electrons. The Balaban J connectivity index is 2.47. The van der Waals surface area contributed by atoms with Gasteiger partial charge in [-0.25, -0.2) is 17.9 Å². The smallest absolute Gasteiger partial charge is 0.336 e. The molecule has 1 aromatic carbocycles. The normalized spacial score (nSPS) is 11.4. The molecule has 1 aromatic heterocycles. The van der Waals surface area contributed by atoms with Crippen LogP contribution in [0.2, 0.25) is 0 Å². The molecular formula is C13H13NO5S. The van der Waals surface area contributed by atoms with E-state index in [4.69, 9.17) is 9.15 Å². The van der Waals surface area contributed by atoms with Crippen LogP contribution in [0.15, 0.2) is 45.5 Å². The Labute approximate surface area is 115 Å². The molecule has 6 nitrogen and oxygen atoms in total. The molecule has 106 valence electrons. The summed E-state index contributed by atoms with van der Waals surface area (Å²) in [6.07, 6.45) is 0. The average Bonchev–Trinajstić information content (AvgIpc) is 2.44. The Morgan fingerprint density at radius 3 is 2.80 bits per heavy atom. The van der Waals surface area contributed by atoms with E-state index in [9.17, 15) is 13.2 Å². The van der Waals surface area contributed by atoms with E-state index in [1.165, 1.54) is 13.2 Å². The van der Waals surface area contributed by atoms with Crippen LogP contribution in [-0.4, -0.2) is 15.5 Å². The van der Waals surface area contributed by atoms with Crippen LogP contribution in [-0.2, 0) is 16.6 Å². The van der Waals surface area contributed by atoms with E-state index in [1.54, 1.807) is 18.2 Å². The van der Waals surface area contributed by atoms with Crippen LogP contribution < -0.4 is 15.1 Å². The average molecular weight is 295 g/mol. The lowest BCUT2D eigenvalue weighted by Gasteiger charge is -2.07. The van der Waals surface area contributed by atoms with Gasteiger partial charge in [0.15, 0.2) is 0 Å². The molecule has 1 heterocycles. The van der Waals surface area contributed by atoms with Gasteiger partial charge in [0.25, 0.3) is 0 Å². The number of hydrogen-bond donors (Lipinski definition) is 1. The molecule has 20 heavy (non-hydrogen) atoms. The van der Waals surface area contributed by atoms with Gasteiger partial charge in [-0.15, -0.1) is 0 Å². The molecule has 0 atom stereocenters. The maximum absolute atomic E-state index is 11.5. The second-order valence-electron chi connectivity index (χ2n) is 3.99. The zero-order valence-electron chi connectivity index (χ0n) is 10.8. The molecule has 0 aliphatic rings. The Morgan fingerprint density at radius 2 is 2.15 bits per heavy atom. The van der Waals surface area contributed by atoms with Gasteiger partial charge in [0, 0.05) is 29.5 Å². The third-order valence-corrected chi connectivity index (χ3v) is 3.71. The molecule has 7 heteroatoms. The summed E-state index contributed by atoms with van der Waals surface area (Å²) in [5.74, 6) is 0.546. The summed E-state index contributed by atoms with van der Waals surface area (Å²) in [6, 6.07) is 6.23. The van der Waals surface area contributed by atoms with Gasteiger partial charge in [-0.3, -0.25) is 0 Å². The lowest BCUT2D eigenvalue weighted by atomic mass is 10.1. The summed E-state index contributed by atoms with van der Waals surface area (Å²) < 4.78 is 35.1. The maximum Gasteiger partial charge on any atom is 0.336 e. The van der Waals surface area contributed by atoms with Gasteiger partial charge in [0.05, 0.1) is 7.11 Å². The summed E-state index contributed by atoms with van der Waals surface area (Å²) in [5.41, 5.74) is 0.299. The molecule has 0 aliphatic heterocycles. The van der Waals surface area contributed by atoms with Crippen molar-refractivity contribution in [3.05, 3.63) is 52.2 Å². The Kier molecular flexibility index (Phi) is 3.91. The number of sulfonamides is 1. The third-order valence-electron chi connectivity index (χ3n) is 2.72. The van der Waals surface area contributed by atoms with Crippen LogP contribution in [0, 0.1) is 0 Å². The predicted molar refractivity (Wildman–Crippen MR) is 75.0 cm³/mol. The van der Waals surface area contributed by atoms with Crippen LogP contribution in [0.1, 0.15) is 5.56 Å². The van der Waals surface area contributed by atoms with Crippen LogP contribution in [0.4, 0.5) is 0 Å². The minimum Gasteiger partial charge on any atom is -0.497 e. The third kappa shape index (κ3) is 3.06. The number of hydrogen-bond acceptors (Lipinski definition) is 5. The lowest BCUT2D eigenvalue weighted by Crippen LogP contribution is -2.21. The van der Waals surface area contributed by atoms with E-state index < -0.39 is 15.6 Å². The first-order chi connectivity index (χ1) is 9.45. The van der Waals surface area contributed by atoms with E-state index in [0.29, 0.717) is 22.3 Å². The SMILES string of the molecule is C=CS(=O)(=O)NCc1cc(=O)oc2cc(OC)ccc12. The molecule has 0 saturated carbocycles. The van der Waals surface area contributed by atoms with Crippen molar-refractivity contribution in [1.82, 2.24) is 4.72 Å². The van der Waals surface area contributed by atoms with Crippen molar-refractivity contribution in [1.29, 1.82) is 0 Å². The summed E-state index contributed by atoms with van der Waals surface area (Å²) in [5, 5.41) is 1.45. The molecule has 0 bridgehead atoms. The fourth-order valence-electron chi connectivity index (χ4n) is 1.72. The van der Waals surface area contributed by atoms with Crippen LogP contribution in [0.25, 0.3) is 11.0 Å². The topological polar surface area (TPSA) is 85.6 Å². The predicted octanol–water partition coefficient (Wildman–Crippen LogP) is 1.36. The van der Waals surface area contributed by atoms with E-state index in [0.717, 1.165) is 5.41 Å². The van der Waals surface area contributed by atoms with Gasteiger partial charge in [-0.05, 0) is 17.7 Å². The molecule has 0 fully saturated rings. The molecule has 2 rings (SSSR count). The Morgan fingerprint density at radius 1 is 1.40 bits per heavy atom. The minimum absolute atomic E-state index is 0.0250. The highest BCUT2D eigenvalue weighted by molar-refractivity contribution is 7.92. The van der Waals surface area contributed by atoms with Gasteiger partial charge in [0.2, 0.25) is 10.0 Å². The highest BCUT2D eigenvalue weighted by Crippen LogP contribution is 2.22. The molecule has 0 saturated heterocycles. The van der Waals surface area contributed by atoms with Crippen molar-refractivity contribution < 1.29 is 17.6 Å². The van der Waals surface area contributed by atoms with E-state index in [1.807, 2.05) is 0 Å². The number of benzene rings is 1. The summed E-state index contributed by atoms with van der Waals surface area (Å²) >= 11 is 0. The largest absolute Gasteiger partial charge is 0.497 e. The molecule has 1 N–H and O–H groups in total. The molecule has 0 spiro atoms. The Hall–Kier alpha value is -2.12. The molecule has 0 amide bonds. The zero-order valence-corrected chi connectivity index (χ0v) is 11.6. The molecule has 0 unspecified atom stereocenters. The van der Waals surface area contributed by atoms with Gasteiger partial charge >= 0.3 is 5.63 Å². The van der Waals surface area contributed by atoms with Crippen molar-refractivity contribution >= 4 is 21.0 Å². The van der Waals surface area contributed by atoms with E-state index >= 15 is 0 Å². The van der Waals surface area contributed by atoms with E-state index in [2.05, 4.69) is 11.3 Å². The fraction of sp³-hybridized carbons (Fsp3) is 0.154. The monoisotopic (exact) mass is 295 g/mol. The van der Waals surface area contributed by atoms with Crippen LogP contribution in [0.5, 0.6) is 5.75 Å². The van der Waals surface area contributed by atoms with Gasteiger partial charge in [-0.2, -0.15) is 0 Å². The quantitative estimate of drug-likeness (QED) is 0.842. The van der Waals surface area contributed by atoms with Crippen molar-refractivity contribution in [2.45, 2.75) is 6.54 Å². The summed E-state index contributed by atoms with van der Waals surface area (Å²) in [6.45, 7) is 3.17. The number of methoxy groups -OCH3 is 1. The van der Waals surface area contributed by atoms with Crippen molar-refractivity contribution in [3.8, 4) is 5.75 Å². The summed E-state index contributed by atoms with van der Waals surface area (Å²) in [7, 11) is -2.05. The van der Waals surface area contributed by atoms with Crippen LogP contribution >= 0.6 is 0 Å². The second-order valence-corrected chi connectivity index (χ2v) is 5.70. The van der Waals surface area contributed by atoms with Crippen molar-refractivity contribution in [2.24, 2.45) is 0 Å². The number of ether oxygens (including phenoxy) is 1. The fourth-order valence-corrected chi connectivity index (χ4v) is 2.20. The highest BCUT2D eigenvalue weighted by atomic mass is 32.2. The van der Waals surface area contributed by atoms with Gasteiger partial charge in [-0.1, -0.05) is 6.58 Å². The standard InChI is InChI=1S/C13H13NO5S/c1-3-20(16,17)14-8-9-6-13(15)19-12-7-10(18-2)4-5-11(9)12/h3-7,14H,1,8H2,2H3. The molecular weight excluding hydrogens is 282 g/mol. The first-order valence-electron chi connectivity index (χ1n) is 5.68. The van der Waals surface area contributed by atoms with Gasteiger partial charge < -0.3 is 9.15 Å². The van der Waals surface area contributed by atoms with Crippen LogP contribution in [0.3, 0.4) is 0 Å². The second kappa shape index (κ2) is 5.48. The Bertz CT molecular complexity index is 807. The number of rotatable bonds is 5. The lowest BCUT2D eigenvalue weighted by molar-refractivity contribution is 0.414. The first kappa shape index (κ1) is 14.3. The zero-order chi connectivity index (χ0) is 14.8.